The Balaban J connectivity index is 2.12. The summed E-state index contributed by atoms with van der Waals surface area (Å²) < 4.78 is 5.11. The molecular formula is C17H17N3O3. The first-order valence-corrected chi connectivity index (χ1v) is 6.94. The van der Waals surface area contributed by atoms with E-state index in [2.05, 4.69) is 22.2 Å². The van der Waals surface area contributed by atoms with Gasteiger partial charge in [0.25, 0.3) is 11.8 Å². The molecule has 23 heavy (non-hydrogen) atoms. The third kappa shape index (κ3) is 4.41. The summed E-state index contributed by atoms with van der Waals surface area (Å²) in [6.07, 6.45) is 2.99. The zero-order valence-electron chi connectivity index (χ0n) is 12.7. The Hall–Kier alpha value is -3.15. The van der Waals surface area contributed by atoms with Crippen molar-refractivity contribution in [3.05, 3.63) is 66.5 Å². The van der Waals surface area contributed by atoms with Gasteiger partial charge in [-0.05, 0) is 24.3 Å². The van der Waals surface area contributed by atoms with E-state index in [1.54, 1.807) is 43.5 Å². The molecule has 6 nitrogen and oxygen atoms in total. The Morgan fingerprint density at radius 3 is 2.83 bits per heavy atom. The molecular weight excluding hydrogens is 294 g/mol. The predicted molar refractivity (Wildman–Crippen MR) is 87.7 cm³/mol. The molecule has 0 saturated carbocycles. The lowest BCUT2D eigenvalue weighted by atomic mass is 10.2. The maximum atomic E-state index is 12.3. The quantitative estimate of drug-likeness (QED) is 0.802. The van der Waals surface area contributed by atoms with Crippen molar-refractivity contribution >= 4 is 17.5 Å². The molecule has 2 aromatic rings. The monoisotopic (exact) mass is 311 g/mol. The number of benzene rings is 1. The van der Waals surface area contributed by atoms with E-state index < -0.39 is 0 Å². The zero-order valence-corrected chi connectivity index (χ0v) is 12.7. The summed E-state index contributed by atoms with van der Waals surface area (Å²) in [7, 11) is 1.55. The summed E-state index contributed by atoms with van der Waals surface area (Å²) in [5, 5.41) is 5.36. The van der Waals surface area contributed by atoms with E-state index in [1.165, 1.54) is 12.3 Å². The van der Waals surface area contributed by atoms with E-state index in [1.807, 2.05) is 0 Å². The summed E-state index contributed by atoms with van der Waals surface area (Å²) in [5.74, 6) is -0.0543. The van der Waals surface area contributed by atoms with Crippen LogP contribution in [-0.2, 0) is 0 Å². The van der Waals surface area contributed by atoms with Gasteiger partial charge in [-0.15, -0.1) is 6.58 Å². The fourth-order valence-electron chi connectivity index (χ4n) is 1.86. The van der Waals surface area contributed by atoms with Gasteiger partial charge in [-0.2, -0.15) is 0 Å². The van der Waals surface area contributed by atoms with Gasteiger partial charge < -0.3 is 15.4 Å². The molecule has 0 fully saturated rings. The lowest BCUT2D eigenvalue weighted by Crippen LogP contribution is -2.24. The fraction of sp³-hybridized carbons (Fsp3) is 0.118. The van der Waals surface area contributed by atoms with Crippen LogP contribution in [0, 0.1) is 0 Å². The Kier molecular flexibility index (Phi) is 5.46. The molecule has 0 aliphatic carbocycles. The third-order valence-corrected chi connectivity index (χ3v) is 2.99. The van der Waals surface area contributed by atoms with Crippen molar-refractivity contribution in [2.45, 2.75) is 0 Å². The van der Waals surface area contributed by atoms with Crippen LogP contribution in [0.25, 0.3) is 0 Å². The molecule has 1 aromatic carbocycles. The number of amides is 2. The van der Waals surface area contributed by atoms with Crippen LogP contribution < -0.4 is 15.4 Å². The van der Waals surface area contributed by atoms with E-state index in [9.17, 15) is 9.59 Å². The standard InChI is InChI=1S/C17H17N3O3/c1-3-8-19-17(22)15-10-12(7-9-18-15)16(21)20-13-5-4-6-14(11-13)23-2/h3-7,9-11H,1,8H2,2H3,(H,19,22)(H,20,21). The Morgan fingerprint density at radius 1 is 1.26 bits per heavy atom. The maximum Gasteiger partial charge on any atom is 0.270 e. The number of nitrogens with zero attached hydrogens (tertiary/aromatic N) is 1. The van der Waals surface area contributed by atoms with Crippen molar-refractivity contribution in [2.75, 3.05) is 19.0 Å². The highest BCUT2D eigenvalue weighted by molar-refractivity contribution is 6.05. The number of methoxy groups -OCH3 is 1. The van der Waals surface area contributed by atoms with Gasteiger partial charge in [-0.1, -0.05) is 12.1 Å². The van der Waals surface area contributed by atoms with Crippen molar-refractivity contribution in [1.29, 1.82) is 0 Å². The van der Waals surface area contributed by atoms with E-state index >= 15 is 0 Å². The second-order valence-corrected chi connectivity index (χ2v) is 4.61. The first-order valence-electron chi connectivity index (χ1n) is 6.94. The molecule has 1 aromatic heterocycles. The van der Waals surface area contributed by atoms with E-state index in [4.69, 9.17) is 4.74 Å². The molecule has 0 bridgehead atoms. The molecule has 1 heterocycles. The van der Waals surface area contributed by atoms with Crippen molar-refractivity contribution in [1.82, 2.24) is 10.3 Å². The number of anilines is 1. The van der Waals surface area contributed by atoms with Crippen LogP contribution >= 0.6 is 0 Å². The number of hydrogen-bond acceptors (Lipinski definition) is 4. The topological polar surface area (TPSA) is 80.3 Å². The lowest BCUT2D eigenvalue weighted by Gasteiger charge is -2.08. The molecule has 0 saturated heterocycles. The van der Waals surface area contributed by atoms with E-state index in [-0.39, 0.29) is 17.5 Å². The second kappa shape index (κ2) is 7.74. The molecule has 0 radical (unpaired) electrons. The molecule has 0 unspecified atom stereocenters. The number of rotatable bonds is 6. The van der Waals surface area contributed by atoms with Crippen LogP contribution in [0.5, 0.6) is 5.75 Å². The number of nitrogens with one attached hydrogen (secondary N) is 2. The average molecular weight is 311 g/mol. The number of hydrogen-bond donors (Lipinski definition) is 2. The zero-order chi connectivity index (χ0) is 16.7. The Morgan fingerprint density at radius 2 is 2.09 bits per heavy atom. The summed E-state index contributed by atoms with van der Waals surface area (Å²) in [6, 6.07) is 9.99. The van der Waals surface area contributed by atoms with Gasteiger partial charge in [-0.25, -0.2) is 0 Å². The number of carbonyl (C=O) groups excluding carboxylic acids is 2. The molecule has 118 valence electrons. The highest BCUT2D eigenvalue weighted by Gasteiger charge is 2.11. The summed E-state index contributed by atoms with van der Waals surface area (Å²) >= 11 is 0. The highest BCUT2D eigenvalue weighted by atomic mass is 16.5. The number of aromatic nitrogens is 1. The van der Waals surface area contributed by atoms with Crippen LogP contribution in [0.1, 0.15) is 20.8 Å². The summed E-state index contributed by atoms with van der Waals surface area (Å²) in [6.45, 7) is 3.86. The molecule has 6 heteroatoms. The van der Waals surface area contributed by atoms with Gasteiger partial charge in [0.05, 0.1) is 7.11 Å². The molecule has 2 amide bonds. The number of ether oxygens (including phenoxy) is 1. The van der Waals surface area contributed by atoms with Gasteiger partial charge in [0.15, 0.2) is 0 Å². The predicted octanol–water partition coefficient (Wildman–Crippen LogP) is 2.26. The minimum absolute atomic E-state index is 0.171. The van der Waals surface area contributed by atoms with Gasteiger partial charge in [-0.3, -0.25) is 14.6 Å². The van der Waals surface area contributed by atoms with Crippen LogP contribution in [0.3, 0.4) is 0 Å². The maximum absolute atomic E-state index is 12.3. The van der Waals surface area contributed by atoms with Crippen molar-refractivity contribution in [3.63, 3.8) is 0 Å². The fourth-order valence-corrected chi connectivity index (χ4v) is 1.86. The van der Waals surface area contributed by atoms with Crippen molar-refractivity contribution in [2.24, 2.45) is 0 Å². The molecule has 0 spiro atoms. The van der Waals surface area contributed by atoms with E-state index in [0.717, 1.165) is 0 Å². The third-order valence-electron chi connectivity index (χ3n) is 2.99. The van der Waals surface area contributed by atoms with Crippen LogP contribution in [0.4, 0.5) is 5.69 Å². The van der Waals surface area contributed by atoms with E-state index in [0.29, 0.717) is 23.5 Å². The molecule has 0 aliphatic heterocycles. The van der Waals surface area contributed by atoms with Gasteiger partial charge in [0.1, 0.15) is 11.4 Å². The van der Waals surface area contributed by atoms with Gasteiger partial charge in [0, 0.05) is 30.1 Å². The largest absolute Gasteiger partial charge is 0.497 e. The summed E-state index contributed by atoms with van der Waals surface area (Å²) in [4.78, 5) is 28.1. The Labute approximate surface area is 134 Å². The molecule has 0 aliphatic rings. The average Bonchev–Trinajstić information content (AvgIpc) is 2.59. The smallest absolute Gasteiger partial charge is 0.270 e. The van der Waals surface area contributed by atoms with Crippen LogP contribution in [-0.4, -0.2) is 30.5 Å². The normalized spacial score (nSPS) is 9.78. The summed E-state index contributed by atoms with van der Waals surface area (Å²) in [5.41, 5.74) is 1.11. The molecule has 2 N–H and O–H groups in total. The Bertz CT molecular complexity index is 729. The van der Waals surface area contributed by atoms with Gasteiger partial charge in [0.2, 0.25) is 0 Å². The van der Waals surface area contributed by atoms with Crippen LogP contribution in [0.2, 0.25) is 0 Å². The van der Waals surface area contributed by atoms with Crippen LogP contribution in [0.15, 0.2) is 55.3 Å². The number of pyridine rings is 1. The van der Waals surface area contributed by atoms with Gasteiger partial charge >= 0.3 is 0 Å². The lowest BCUT2D eigenvalue weighted by molar-refractivity contribution is 0.0953. The first-order chi connectivity index (χ1) is 11.1. The SMILES string of the molecule is C=CCNC(=O)c1cc(C(=O)Nc2cccc(OC)c2)ccn1. The minimum atomic E-state index is -0.360. The highest BCUT2D eigenvalue weighted by Crippen LogP contribution is 2.17. The minimum Gasteiger partial charge on any atom is -0.497 e. The van der Waals surface area contributed by atoms with Crippen molar-refractivity contribution in [3.8, 4) is 5.75 Å². The second-order valence-electron chi connectivity index (χ2n) is 4.61. The first kappa shape index (κ1) is 16.2. The van der Waals surface area contributed by atoms with Crippen molar-refractivity contribution < 1.29 is 14.3 Å². The molecule has 2 rings (SSSR count). The molecule has 0 atom stereocenters. The number of carbonyl (C=O) groups is 2.